The number of hydrogen-bond donors (Lipinski definition) is 3. The van der Waals surface area contributed by atoms with Crippen LogP contribution in [0.4, 0.5) is 5.95 Å². The van der Waals surface area contributed by atoms with Crippen LogP contribution in [0.1, 0.15) is 13.3 Å². The normalized spacial score (nSPS) is 14.4. The highest BCUT2D eigenvalue weighted by Crippen LogP contribution is 2.23. The molecule has 9 nitrogen and oxygen atoms in total. The molecule has 1 fully saturated rings. The average molecular weight is 404 g/mol. The van der Waals surface area contributed by atoms with Crippen molar-refractivity contribution in [3.05, 3.63) is 36.4 Å². The van der Waals surface area contributed by atoms with E-state index in [1.165, 1.54) is 5.52 Å². The molecule has 2 heterocycles. The van der Waals surface area contributed by atoms with E-state index >= 15 is 0 Å². The number of para-hydroxylation sites is 2. The number of nitrogens with zero attached hydrogens (tertiary/aromatic N) is 3. The van der Waals surface area contributed by atoms with Crippen LogP contribution in [0.25, 0.3) is 11.0 Å². The molecule has 29 heavy (non-hydrogen) atoms. The lowest BCUT2D eigenvalue weighted by Crippen LogP contribution is -2.30. The molecule has 1 aromatic heterocycles. The first-order valence-electron chi connectivity index (χ1n) is 9.65. The Bertz CT molecular complexity index is 809. The van der Waals surface area contributed by atoms with Crippen LogP contribution >= 0.6 is 0 Å². The van der Waals surface area contributed by atoms with Gasteiger partial charge < -0.3 is 29.7 Å². The maximum Gasteiger partial charge on any atom is 0.328 e. The number of aliphatic carboxylic acids is 2. The minimum Gasteiger partial charge on any atom is -0.478 e. The largest absolute Gasteiger partial charge is 0.478 e. The number of fused-ring (bicyclic) bond motifs is 1. The van der Waals surface area contributed by atoms with Crippen LogP contribution in [-0.4, -0.2) is 71.1 Å². The topological polar surface area (TPSA) is 117 Å². The van der Waals surface area contributed by atoms with E-state index in [4.69, 9.17) is 19.9 Å². The number of rotatable bonds is 7. The second-order valence-corrected chi connectivity index (χ2v) is 6.35. The Morgan fingerprint density at radius 3 is 2.59 bits per heavy atom. The molecule has 1 saturated heterocycles. The van der Waals surface area contributed by atoms with E-state index in [9.17, 15) is 9.59 Å². The van der Waals surface area contributed by atoms with E-state index in [1.54, 1.807) is 0 Å². The number of carboxylic acid groups (broad SMARTS) is 2. The Balaban J connectivity index is 0.000000321. The first-order valence-corrected chi connectivity index (χ1v) is 9.65. The molecular formula is C20H28N4O5. The molecule has 1 aliphatic heterocycles. The Kier molecular flexibility index (Phi) is 9.13. The van der Waals surface area contributed by atoms with Crippen molar-refractivity contribution >= 4 is 28.9 Å². The van der Waals surface area contributed by atoms with E-state index in [1.807, 2.05) is 6.92 Å². The van der Waals surface area contributed by atoms with Gasteiger partial charge in [0.25, 0.3) is 0 Å². The molecule has 0 radical (unpaired) electrons. The summed E-state index contributed by atoms with van der Waals surface area (Å²) in [5.41, 5.74) is 2.27. The summed E-state index contributed by atoms with van der Waals surface area (Å²) in [6.07, 6.45) is 2.28. The predicted octanol–water partition coefficient (Wildman–Crippen LogP) is 1.58. The van der Waals surface area contributed by atoms with Crippen molar-refractivity contribution in [3.8, 4) is 0 Å². The molecule has 3 N–H and O–H groups in total. The number of ether oxygens (including phenoxy) is 1. The molecule has 0 atom stereocenters. The fourth-order valence-electron chi connectivity index (χ4n) is 3.01. The van der Waals surface area contributed by atoms with Crippen LogP contribution in [0.3, 0.4) is 0 Å². The maximum absolute atomic E-state index is 9.55. The van der Waals surface area contributed by atoms with Crippen molar-refractivity contribution in [2.45, 2.75) is 19.9 Å². The summed E-state index contributed by atoms with van der Waals surface area (Å²) in [5, 5.41) is 19.1. The van der Waals surface area contributed by atoms with Gasteiger partial charge in [-0.05, 0) is 32.0 Å². The van der Waals surface area contributed by atoms with Crippen LogP contribution in [0.2, 0.25) is 0 Å². The molecule has 0 aliphatic carbocycles. The van der Waals surface area contributed by atoms with Gasteiger partial charge in [-0.2, -0.15) is 0 Å². The number of imidazole rings is 1. The van der Waals surface area contributed by atoms with Gasteiger partial charge in [0, 0.05) is 44.9 Å². The minimum absolute atomic E-state index is 0.558. The molecule has 2 aromatic rings. The molecule has 0 amide bonds. The molecule has 9 heteroatoms. The first kappa shape index (κ1) is 22.4. The van der Waals surface area contributed by atoms with Gasteiger partial charge in [0.2, 0.25) is 5.95 Å². The summed E-state index contributed by atoms with van der Waals surface area (Å²) in [4.78, 5) is 26.4. The van der Waals surface area contributed by atoms with E-state index in [-0.39, 0.29) is 0 Å². The van der Waals surface area contributed by atoms with Crippen LogP contribution in [0, 0.1) is 0 Å². The molecule has 158 valence electrons. The first-order chi connectivity index (χ1) is 14.0. The van der Waals surface area contributed by atoms with Crippen molar-refractivity contribution in [3.63, 3.8) is 0 Å². The Hall–Kier alpha value is -2.91. The SMILES string of the molecule is CCOCCn1c(N2CCCNCC2)nc2ccccc21.O=C(O)/C=C\C(=O)O. The monoisotopic (exact) mass is 404 g/mol. The lowest BCUT2D eigenvalue weighted by molar-refractivity contribution is -0.134. The highest BCUT2D eigenvalue weighted by molar-refractivity contribution is 5.89. The fourth-order valence-corrected chi connectivity index (χ4v) is 3.01. The van der Waals surface area contributed by atoms with Gasteiger partial charge in [-0.1, -0.05) is 12.1 Å². The number of hydrogen-bond acceptors (Lipinski definition) is 6. The second-order valence-electron chi connectivity index (χ2n) is 6.35. The van der Waals surface area contributed by atoms with Crippen molar-refractivity contribution in [1.29, 1.82) is 0 Å². The summed E-state index contributed by atoms with van der Waals surface area (Å²) in [7, 11) is 0. The molecule has 1 aliphatic rings. The minimum atomic E-state index is -1.26. The fraction of sp³-hybridized carbons (Fsp3) is 0.450. The third kappa shape index (κ3) is 7.20. The molecule has 0 bridgehead atoms. The summed E-state index contributed by atoms with van der Waals surface area (Å²) >= 11 is 0. The van der Waals surface area contributed by atoms with Crippen LogP contribution in [0.15, 0.2) is 36.4 Å². The summed E-state index contributed by atoms with van der Waals surface area (Å²) in [6, 6.07) is 8.37. The Labute approximate surface area is 169 Å². The van der Waals surface area contributed by atoms with Gasteiger partial charge in [-0.3, -0.25) is 0 Å². The summed E-state index contributed by atoms with van der Waals surface area (Å²) in [6.45, 7) is 8.57. The molecule has 0 spiro atoms. The quantitative estimate of drug-likeness (QED) is 0.470. The second kappa shape index (κ2) is 11.8. The number of carboxylic acids is 2. The Morgan fingerprint density at radius 1 is 1.17 bits per heavy atom. The smallest absolute Gasteiger partial charge is 0.328 e. The number of nitrogens with one attached hydrogen (secondary N) is 1. The number of benzene rings is 1. The van der Waals surface area contributed by atoms with Crippen LogP contribution in [-0.2, 0) is 20.9 Å². The summed E-state index contributed by atoms with van der Waals surface area (Å²) < 4.78 is 7.85. The number of aromatic nitrogens is 2. The van der Waals surface area contributed by atoms with Gasteiger partial charge in [-0.15, -0.1) is 0 Å². The Morgan fingerprint density at radius 2 is 1.90 bits per heavy atom. The third-order valence-electron chi connectivity index (χ3n) is 4.29. The molecular weight excluding hydrogens is 376 g/mol. The van der Waals surface area contributed by atoms with Gasteiger partial charge >= 0.3 is 11.9 Å². The molecule has 0 unspecified atom stereocenters. The third-order valence-corrected chi connectivity index (χ3v) is 4.29. The summed E-state index contributed by atoms with van der Waals surface area (Å²) in [5.74, 6) is -1.43. The lowest BCUT2D eigenvalue weighted by atomic mass is 10.3. The zero-order chi connectivity index (χ0) is 21.1. The van der Waals surface area contributed by atoms with Crippen molar-refractivity contribution in [1.82, 2.24) is 14.9 Å². The van der Waals surface area contributed by atoms with Crippen LogP contribution in [0.5, 0.6) is 0 Å². The van der Waals surface area contributed by atoms with Crippen LogP contribution < -0.4 is 10.2 Å². The molecule has 1 aromatic carbocycles. The highest BCUT2D eigenvalue weighted by Gasteiger charge is 2.17. The lowest BCUT2D eigenvalue weighted by Gasteiger charge is -2.22. The van der Waals surface area contributed by atoms with E-state index in [0.717, 1.165) is 63.8 Å². The van der Waals surface area contributed by atoms with Crippen molar-refractivity contribution in [2.24, 2.45) is 0 Å². The standard InChI is InChI=1S/C16H24N4O.C4H4O4/c1-2-21-13-12-20-15-7-4-3-6-14(15)18-16(20)19-10-5-8-17-9-11-19;5-3(6)1-2-4(7)8/h3-4,6-7,17H,2,5,8-13H2,1H3;1-2H,(H,5,6)(H,7,8)/b;2-1-. The zero-order valence-corrected chi connectivity index (χ0v) is 16.6. The van der Waals surface area contributed by atoms with E-state index in [2.05, 4.69) is 39.0 Å². The molecule has 0 saturated carbocycles. The van der Waals surface area contributed by atoms with Crippen molar-refractivity contribution in [2.75, 3.05) is 44.3 Å². The van der Waals surface area contributed by atoms with E-state index < -0.39 is 11.9 Å². The molecule has 3 rings (SSSR count). The number of carbonyl (C=O) groups is 2. The van der Waals surface area contributed by atoms with Gasteiger partial charge in [0.15, 0.2) is 0 Å². The maximum atomic E-state index is 9.55. The highest BCUT2D eigenvalue weighted by atomic mass is 16.5. The van der Waals surface area contributed by atoms with Gasteiger partial charge in [-0.25, -0.2) is 14.6 Å². The average Bonchev–Trinajstić information content (AvgIpc) is 2.87. The number of anilines is 1. The van der Waals surface area contributed by atoms with Crippen molar-refractivity contribution < 1.29 is 24.5 Å². The van der Waals surface area contributed by atoms with Gasteiger partial charge in [0.05, 0.1) is 17.6 Å². The zero-order valence-electron chi connectivity index (χ0n) is 16.6. The van der Waals surface area contributed by atoms with Gasteiger partial charge in [0.1, 0.15) is 0 Å². The predicted molar refractivity (Wildman–Crippen MR) is 110 cm³/mol. The van der Waals surface area contributed by atoms with E-state index in [0.29, 0.717) is 12.2 Å².